The highest BCUT2D eigenvalue weighted by molar-refractivity contribution is 5.95. The van der Waals surface area contributed by atoms with Gasteiger partial charge in [0.15, 0.2) is 5.82 Å². The minimum absolute atomic E-state index is 0.114. The molecule has 0 unspecified atom stereocenters. The average molecular weight is 252 g/mol. The Morgan fingerprint density at radius 2 is 2.11 bits per heavy atom. The molecule has 0 aliphatic carbocycles. The SMILES string of the molecule is Nc1ccc(F)c(C(=O)NCc2ccoc2)c1F. The van der Waals surface area contributed by atoms with Crippen LogP contribution >= 0.6 is 0 Å². The van der Waals surface area contributed by atoms with Crippen LogP contribution in [-0.2, 0) is 6.54 Å². The first kappa shape index (κ1) is 12.1. The van der Waals surface area contributed by atoms with Crippen LogP contribution in [0, 0.1) is 11.6 Å². The van der Waals surface area contributed by atoms with Crippen LogP contribution in [0.5, 0.6) is 0 Å². The van der Waals surface area contributed by atoms with E-state index in [1.54, 1.807) is 6.07 Å². The van der Waals surface area contributed by atoms with E-state index in [1.165, 1.54) is 12.5 Å². The highest BCUT2D eigenvalue weighted by Crippen LogP contribution is 2.18. The summed E-state index contributed by atoms with van der Waals surface area (Å²) in [5.74, 6) is -2.87. The van der Waals surface area contributed by atoms with Gasteiger partial charge in [0, 0.05) is 12.1 Å². The van der Waals surface area contributed by atoms with Gasteiger partial charge >= 0.3 is 0 Å². The lowest BCUT2D eigenvalue weighted by Crippen LogP contribution is -2.25. The minimum Gasteiger partial charge on any atom is -0.472 e. The van der Waals surface area contributed by atoms with E-state index in [1.807, 2.05) is 0 Å². The molecule has 94 valence electrons. The van der Waals surface area contributed by atoms with Gasteiger partial charge in [0.2, 0.25) is 0 Å². The predicted molar refractivity (Wildman–Crippen MR) is 60.6 cm³/mol. The number of hydrogen-bond acceptors (Lipinski definition) is 3. The molecular weight excluding hydrogens is 242 g/mol. The van der Waals surface area contributed by atoms with Crippen LogP contribution in [-0.4, -0.2) is 5.91 Å². The lowest BCUT2D eigenvalue weighted by molar-refractivity contribution is 0.0942. The number of nitrogens with two attached hydrogens (primary N) is 1. The summed E-state index contributed by atoms with van der Waals surface area (Å²) in [7, 11) is 0. The van der Waals surface area contributed by atoms with Gasteiger partial charge in [0.25, 0.3) is 5.91 Å². The fraction of sp³-hybridized carbons (Fsp3) is 0.0833. The molecule has 0 aliphatic rings. The Morgan fingerprint density at radius 1 is 1.33 bits per heavy atom. The highest BCUT2D eigenvalue weighted by atomic mass is 19.1. The summed E-state index contributed by atoms with van der Waals surface area (Å²) < 4.78 is 31.7. The molecule has 0 radical (unpaired) electrons. The van der Waals surface area contributed by atoms with Crippen molar-refractivity contribution in [2.45, 2.75) is 6.54 Å². The highest BCUT2D eigenvalue weighted by Gasteiger charge is 2.19. The lowest BCUT2D eigenvalue weighted by Gasteiger charge is -2.07. The van der Waals surface area contributed by atoms with Crippen molar-refractivity contribution < 1.29 is 18.0 Å². The summed E-state index contributed by atoms with van der Waals surface area (Å²) in [5, 5.41) is 2.38. The second-order valence-electron chi connectivity index (χ2n) is 3.64. The number of nitrogens with one attached hydrogen (secondary N) is 1. The number of hydrogen-bond donors (Lipinski definition) is 2. The lowest BCUT2D eigenvalue weighted by atomic mass is 10.1. The monoisotopic (exact) mass is 252 g/mol. The Kier molecular flexibility index (Phi) is 3.27. The molecule has 1 aromatic carbocycles. The Labute approximate surface area is 101 Å². The Hall–Kier alpha value is -2.37. The molecule has 2 rings (SSSR count). The van der Waals surface area contributed by atoms with E-state index in [0.717, 1.165) is 12.1 Å². The molecule has 0 aliphatic heterocycles. The van der Waals surface area contributed by atoms with Crippen molar-refractivity contribution in [1.82, 2.24) is 5.32 Å². The van der Waals surface area contributed by atoms with Crippen LogP contribution in [0.3, 0.4) is 0 Å². The summed E-state index contributed by atoms with van der Waals surface area (Å²) in [6.45, 7) is 0.114. The average Bonchev–Trinajstić information content (AvgIpc) is 2.85. The molecule has 0 saturated heterocycles. The number of halogens is 2. The van der Waals surface area contributed by atoms with Gasteiger partial charge < -0.3 is 15.5 Å². The van der Waals surface area contributed by atoms with Gasteiger partial charge in [-0.1, -0.05) is 0 Å². The van der Waals surface area contributed by atoms with E-state index >= 15 is 0 Å². The number of furan rings is 1. The van der Waals surface area contributed by atoms with Crippen LogP contribution in [0.4, 0.5) is 14.5 Å². The zero-order valence-electron chi connectivity index (χ0n) is 9.24. The van der Waals surface area contributed by atoms with E-state index in [9.17, 15) is 13.6 Å². The molecule has 0 bridgehead atoms. The molecule has 2 aromatic rings. The zero-order chi connectivity index (χ0) is 13.1. The number of nitrogen functional groups attached to an aromatic ring is 1. The quantitative estimate of drug-likeness (QED) is 0.821. The largest absolute Gasteiger partial charge is 0.472 e. The van der Waals surface area contributed by atoms with Crippen LogP contribution < -0.4 is 11.1 Å². The second kappa shape index (κ2) is 4.87. The van der Waals surface area contributed by atoms with E-state index in [0.29, 0.717) is 5.56 Å². The topological polar surface area (TPSA) is 68.3 Å². The van der Waals surface area contributed by atoms with Gasteiger partial charge in [0.05, 0.1) is 18.2 Å². The third-order valence-electron chi connectivity index (χ3n) is 2.38. The fourth-order valence-electron chi connectivity index (χ4n) is 1.44. The Morgan fingerprint density at radius 3 is 2.78 bits per heavy atom. The van der Waals surface area contributed by atoms with Crippen molar-refractivity contribution in [1.29, 1.82) is 0 Å². The van der Waals surface area contributed by atoms with E-state index < -0.39 is 23.1 Å². The molecule has 1 amide bonds. The Balaban J connectivity index is 2.16. The molecule has 6 heteroatoms. The molecule has 0 atom stereocenters. The summed E-state index contributed by atoms with van der Waals surface area (Å²) in [6, 6.07) is 3.65. The van der Waals surface area contributed by atoms with Crippen molar-refractivity contribution in [3.8, 4) is 0 Å². The predicted octanol–water partition coefficient (Wildman–Crippen LogP) is 2.07. The van der Waals surface area contributed by atoms with Crippen LogP contribution in [0.15, 0.2) is 35.1 Å². The molecule has 18 heavy (non-hydrogen) atoms. The number of rotatable bonds is 3. The summed E-state index contributed by atoms with van der Waals surface area (Å²) >= 11 is 0. The summed E-state index contributed by atoms with van der Waals surface area (Å²) in [4.78, 5) is 11.7. The fourth-order valence-corrected chi connectivity index (χ4v) is 1.44. The van der Waals surface area contributed by atoms with Crippen molar-refractivity contribution >= 4 is 11.6 Å². The second-order valence-corrected chi connectivity index (χ2v) is 3.64. The molecular formula is C12H10F2N2O2. The van der Waals surface area contributed by atoms with Gasteiger partial charge in [-0.2, -0.15) is 0 Å². The molecule has 0 fully saturated rings. The van der Waals surface area contributed by atoms with Gasteiger partial charge in [-0.15, -0.1) is 0 Å². The first-order chi connectivity index (χ1) is 8.59. The molecule has 3 N–H and O–H groups in total. The Bertz CT molecular complexity index is 568. The molecule has 0 spiro atoms. The third-order valence-corrected chi connectivity index (χ3v) is 2.38. The standard InChI is InChI=1S/C12H10F2N2O2/c13-8-1-2-9(15)11(14)10(8)12(17)16-5-7-3-4-18-6-7/h1-4,6H,5,15H2,(H,16,17). The van der Waals surface area contributed by atoms with Gasteiger partial charge in [-0.3, -0.25) is 4.79 Å². The normalized spacial score (nSPS) is 10.3. The van der Waals surface area contributed by atoms with Crippen molar-refractivity contribution in [2.75, 3.05) is 5.73 Å². The van der Waals surface area contributed by atoms with Crippen LogP contribution in [0.1, 0.15) is 15.9 Å². The molecule has 4 nitrogen and oxygen atoms in total. The van der Waals surface area contributed by atoms with E-state index in [-0.39, 0.29) is 12.2 Å². The van der Waals surface area contributed by atoms with Crippen LogP contribution in [0.25, 0.3) is 0 Å². The first-order valence-corrected chi connectivity index (χ1v) is 5.12. The van der Waals surface area contributed by atoms with Crippen LogP contribution in [0.2, 0.25) is 0 Å². The summed E-state index contributed by atoms with van der Waals surface area (Å²) in [5.41, 5.74) is 5.01. The van der Waals surface area contributed by atoms with Gasteiger partial charge in [-0.05, 0) is 18.2 Å². The van der Waals surface area contributed by atoms with E-state index in [4.69, 9.17) is 10.2 Å². The van der Waals surface area contributed by atoms with Gasteiger partial charge in [-0.25, -0.2) is 8.78 Å². The first-order valence-electron chi connectivity index (χ1n) is 5.12. The zero-order valence-corrected chi connectivity index (χ0v) is 9.24. The summed E-state index contributed by atoms with van der Waals surface area (Å²) in [6.07, 6.45) is 2.86. The minimum atomic E-state index is -1.06. The van der Waals surface area contributed by atoms with Crippen molar-refractivity contribution in [3.63, 3.8) is 0 Å². The number of carbonyl (C=O) groups excluding carboxylic acids is 1. The number of carbonyl (C=O) groups is 1. The maximum atomic E-state index is 13.5. The maximum Gasteiger partial charge on any atom is 0.257 e. The van der Waals surface area contributed by atoms with Crippen molar-refractivity contribution in [2.24, 2.45) is 0 Å². The number of benzene rings is 1. The van der Waals surface area contributed by atoms with Crippen molar-refractivity contribution in [3.05, 3.63) is 53.5 Å². The number of amides is 1. The maximum absolute atomic E-state index is 13.5. The number of anilines is 1. The third kappa shape index (κ3) is 2.32. The molecule has 0 saturated carbocycles. The smallest absolute Gasteiger partial charge is 0.257 e. The van der Waals surface area contributed by atoms with E-state index in [2.05, 4.69) is 5.32 Å². The van der Waals surface area contributed by atoms with Gasteiger partial charge in [0.1, 0.15) is 11.4 Å². The molecule has 1 heterocycles. The molecule has 1 aromatic heterocycles.